The number of carbonyl (C=O) groups is 1. The zero-order valence-electron chi connectivity index (χ0n) is 20.2. The molecule has 0 aliphatic heterocycles. The summed E-state index contributed by atoms with van der Waals surface area (Å²) >= 11 is 0. The minimum atomic E-state index is -4.48. The number of alkyl halides is 6. The lowest BCUT2D eigenvalue weighted by Crippen LogP contribution is -2.12. The summed E-state index contributed by atoms with van der Waals surface area (Å²) in [5.41, 5.74) is -0.103. The van der Waals surface area contributed by atoms with Gasteiger partial charge >= 0.3 is 12.4 Å². The Hall–Kier alpha value is -4.27. The van der Waals surface area contributed by atoms with Crippen molar-refractivity contribution in [2.75, 3.05) is 0 Å². The van der Waals surface area contributed by atoms with Crippen molar-refractivity contribution in [1.82, 2.24) is 0 Å². The first kappa shape index (κ1) is 26.3. The van der Waals surface area contributed by atoms with Gasteiger partial charge in [-0.15, -0.1) is 0 Å². The van der Waals surface area contributed by atoms with Crippen LogP contribution in [0.3, 0.4) is 0 Å². The smallest absolute Gasteiger partial charge is 0.416 e. The number of furan rings is 2. The summed E-state index contributed by atoms with van der Waals surface area (Å²) < 4.78 is 89.7. The normalized spacial score (nSPS) is 16.8. The van der Waals surface area contributed by atoms with E-state index in [-0.39, 0.29) is 28.4 Å². The van der Waals surface area contributed by atoms with Crippen molar-refractivity contribution in [2.45, 2.75) is 31.6 Å². The maximum absolute atomic E-state index is 13.1. The van der Waals surface area contributed by atoms with Crippen molar-refractivity contribution in [1.29, 1.82) is 0 Å². The van der Waals surface area contributed by atoms with E-state index < -0.39 is 23.5 Å². The number of ketones is 1. The lowest BCUT2D eigenvalue weighted by Gasteiger charge is -2.15. The molecule has 4 aromatic rings. The summed E-state index contributed by atoms with van der Waals surface area (Å²) in [6, 6.07) is 15.8. The number of carbonyl (C=O) groups excluding carboxylic acids is 1. The van der Waals surface area contributed by atoms with Gasteiger partial charge in [-0.1, -0.05) is 24.3 Å². The summed E-state index contributed by atoms with van der Waals surface area (Å²) in [4.78, 5) is 13.1. The first-order valence-electron chi connectivity index (χ1n) is 12.0. The molecule has 0 saturated heterocycles. The van der Waals surface area contributed by atoms with Crippen LogP contribution in [0.1, 0.15) is 41.9 Å². The Kier molecular flexibility index (Phi) is 6.84. The average Bonchev–Trinajstić information content (AvgIpc) is 3.56. The number of Topliss-reactive ketones (excluding diaryl/α,β-unsaturated/α-hetero) is 1. The monoisotopic (exact) mass is 542 g/mol. The highest BCUT2D eigenvalue weighted by atomic mass is 19.4. The summed E-state index contributed by atoms with van der Waals surface area (Å²) in [7, 11) is 0. The molecule has 1 fully saturated rings. The molecule has 0 atom stereocenters. The highest BCUT2D eigenvalue weighted by Gasteiger charge is 2.31. The fraction of sp³-hybridized carbons (Fsp3) is 0.167. The Morgan fingerprint density at radius 2 is 1.05 bits per heavy atom. The van der Waals surface area contributed by atoms with Gasteiger partial charge in [0.1, 0.15) is 23.0 Å². The van der Waals surface area contributed by atoms with Gasteiger partial charge < -0.3 is 8.83 Å². The van der Waals surface area contributed by atoms with Gasteiger partial charge in [-0.2, -0.15) is 26.3 Å². The van der Waals surface area contributed by atoms with Gasteiger partial charge in [-0.05, 0) is 79.9 Å². The molecular formula is C30H20F6O3. The fourth-order valence-electron chi connectivity index (χ4n) is 4.39. The van der Waals surface area contributed by atoms with E-state index in [0.29, 0.717) is 41.9 Å². The summed E-state index contributed by atoms with van der Waals surface area (Å²) in [6.45, 7) is 0. The molecule has 1 aliphatic rings. The van der Waals surface area contributed by atoms with Gasteiger partial charge in [0.2, 0.25) is 0 Å². The average molecular weight is 542 g/mol. The van der Waals surface area contributed by atoms with Crippen LogP contribution < -0.4 is 0 Å². The Bertz CT molecular complexity index is 1460. The van der Waals surface area contributed by atoms with E-state index in [2.05, 4.69) is 0 Å². The van der Waals surface area contributed by atoms with Crippen LogP contribution in [-0.4, -0.2) is 5.78 Å². The maximum atomic E-state index is 13.1. The zero-order valence-corrected chi connectivity index (χ0v) is 20.2. The lowest BCUT2D eigenvalue weighted by molar-refractivity contribution is -0.138. The molecule has 0 N–H and O–H groups in total. The lowest BCUT2D eigenvalue weighted by atomic mass is 9.88. The maximum Gasteiger partial charge on any atom is 0.416 e. The van der Waals surface area contributed by atoms with Crippen molar-refractivity contribution in [3.05, 3.63) is 107 Å². The van der Waals surface area contributed by atoms with Gasteiger partial charge in [0.25, 0.3) is 0 Å². The highest BCUT2D eigenvalue weighted by molar-refractivity contribution is 6.13. The molecule has 0 unspecified atom stereocenters. The van der Waals surface area contributed by atoms with Crippen LogP contribution in [0.15, 0.2) is 92.8 Å². The van der Waals surface area contributed by atoms with Crippen LogP contribution >= 0.6 is 0 Å². The molecule has 0 bridgehead atoms. The molecule has 2 heterocycles. The highest BCUT2D eigenvalue weighted by Crippen LogP contribution is 2.35. The van der Waals surface area contributed by atoms with Crippen LogP contribution in [0.2, 0.25) is 0 Å². The number of halogens is 6. The number of hydrogen-bond acceptors (Lipinski definition) is 3. The van der Waals surface area contributed by atoms with Gasteiger partial charge in [0.05, 0.1) is 11.1 Å². The van der Waals surface area contributed by atoms with Crippen LogP contribution in [0.4, 0.5) is 26.3 Å². The first-order chi connectivity index (χ1) is 18.5. The van der Waals surface area contributed by atoms with Gasteiger partial charge in [0.15, 0.2) is 5.78 Å². The Labute approximate surface area is 219 Å². The van der Waals surface area contributed by atoms with Gasteiger partial charge in [-0.3, -0.25) is 4.79 Å². The van der Waals surface area contributed by atoms with Crippen molar-refractivity contribution in [3.63, 3.8) is 0 Å². The standard InChI is InChI=1S/C30H20F6O3/c31-29(32,33)22-8-2-4-18(14-22)26-12-10-24(38-26)16-20-6-1-7-21(28(20)37)17-25-11-13-27(39-25)19-5-3-9-23(15-19)30(34,35)36/h2-5,8-17H,1,6-7H2. The Balaban J connectivity index is 1.35. The van der Waals surface area contributed by atoms with E-state index in [9.17, 15) is 31.1 Å². The van der Waals surface area contributed by atoms with Crippen LogP contribution in [-0.2, 0) is 17.1 Å². The minimum absolute atomic E-state index is 0.227. The molecule has 3 nitrogen and oxygen atoms in total. The van der Waals surface area contributed by atoms with Crippen molar-refractivity contribution in [2.24, 2.45) is 0 Å². The first-order valence-corrected chi connectivity index (χ1v) is 12.0. The molecule has 9 heteroatoms. The molecule has 0 radical (unpaired) electrons. The van der Waals surface area contributed by atoms with E-state index in [1.54, 1.807) is 36.4 Å². The van der Waals surface area contributed by atoms with Crippen molar-refractivity contribution in [3.8, 4) is 22.6 Å². The third kappa shape index (κ3) is 5.92. The van der Waals surface area contributed by atoms with Crippen LogP contribution in [0.5, 0.6) is 0 Å². The van der Waals surface area contributed by atoms with Crippen molar-refractivity contribution >= 4 is 17.9 Å². The molecule has 2 aromatic heterocycles. The molecule has 2 aromatic carbocycles. The minimum Gasteiger partial charge on any atom is -0.457 e. The third-order valence-electron chi connectivity index (χ3n) is 6.31. The largest absolute Gasteiger partial charge is 0.457 e. The second-order valence-corrected chi connectivity index (χ2v) is 9.08. The number of rotatable bonds is 4. The summed E-state index contributed by atoms with van der Waals surface area (Å²) in [5, 5.41) is 0. The van der Waals surface area contributed by atoms with E-state index in [4.69, 9.17) is 8.83 Å². The topological polar surface area (TPSA) is 43.4 Å². The number of allylic oxidation sites excluding steroid dienone is 2. The van der Waals surface area contributed by atoms with Crippen molar-refractivity contribution < 1.29 is 40.0 Å². The van der Waals surface area contributed by atoms with Gasteiger partial charge in [-0.25, -0.2) is 0 Å². The zero-order chi connectivity index (χ0) is 27.8. The molecular weight excluding hydrogens is 522 g/mol. The quantitative estimate of drug-likeness (QED) is 0.191. The predicted molar refractivity (Wildman–Crippen MR) is 133 cm³/mol. The van der Waals surface area contributed by atoms with Crippen LogP contribution in [0.25, 0.3) is 34.8 Å². The van der Waals surface area contributed by atoms with E-state index in [0.717, 1.165) is 24.3 Å². The second-order valence-electron chi connectivity index (χ2n) is 9.08. The van der Waals surface area contributed by atoms with E-state index in [1.807, 2.05) is 0 Å². The Morgan fingerprint density at radius 1 is 0.615 bits per heavy atom. The molecule has 0 amide bonds. The van der Waals surface area contributed by atoms with Gasteiger partial charge in [0, 0.05) is 22.3 Å². The second kappa shape index (κ2) is 10.1. The fourth-order valence-corrected chi connectivity index (χ4v) is 4.39. The summed E-state index contributed by atoms with van der Waals surface area (Å²) in [6.07, 6.45) is -4.16. The molecule has 1 aliphatic carbocycles. The SMILES string of the molecule is O=C1C(=Cc2ccc(-c3cccc(C(F)(F)F)c3)o2)CCCC1=Cc1ccc(-c2cccc(C(F)(F)F)c2)o1. The third-order valence-corrected chi connectivity index (χ3v) is 6.31. The number of benzene rings is 2. The molecule has 5 rings (SSSR count). The molecule has 0 spiro atoms. The van der Waals surface area contributed by atoms with E-state index >= 15 is 0 Å². The number of hydrogen-bond donors (Lipinski definition) is 0. The predicted octanol–water partition coefficient (Wildman–Crippen LogP) is 9.46. The van der Waals surface area contributed by atoms with Crippen LogP contribution in [0, 0.1) is 0 Å². The molecule has 200 valence electrons. The van der Waals surface area contributed by atoms with E-state index in [1.165, 1.54) is 24.3 Å². The molecule has 39 heavy (non-hydrogen) atoms. The summed E-state index contributed by atoms with van der Waals surface area (Å²) in [5.74, 6) is 0.915. The Morgan fingerprint density at radius 3 is 1.46 bits per heavy atom. The molecule has 1 saturated carbocycles.